The Labute approximate surface area is 163 Å². The van der Waals surface area contributed by atoms with Gasteiger partial charge in [-0.2, -0.15) is 0 Å². The molecular weight excluding hydrogens is 366 g/mol. The molecule has 0 bridgehead atoms. The van der Waals surface area contributed by atoms with Crippen LogP contribution in [0.25, 0.3) is 0 Å². The number of anilines is 1. The van der Waals surface area contributed by atoms with Crippen molar-refractivity contribution in [2.45, 2.75) is 12.8 Å². The van der Waals surface area contributed by atoms with E-state index in [0.717, 1.165) is 25.2 Å². The molecule has 0 radical (unpaired) electrons. The number of benzene rings is 1. The number of aromatic nitrogens is 2. The molecular formula is C19H22ClN5O2. The van der Waals surface area contributed by atoms with E-state index in [9.17, 15) is 9.59 Å². The summed E-state index contributed by atoms with van der Waals surface area (Å²) in [5.41, 5.74) is 0.607. The molecule has 0 spiro atoms. The Morgan fingerprint density at radius 2 is 1.85 bits per heavy atom. The number of carbonyl (C=O) groups is 2. The summed E-state index contributed by atoms with van der Waals surface area (Å²) >= 11 is 5.78. The Kier molecular flexibility index (Phi) is 6.59. The van der Waals surface area contributed by atoms with E-state index >= 15 is 0 Å². The van der Waals surface area contributed by atoms with Gasteiger partial charge in [0.1, 0.15) is 0 Å². The normalized spacial score (nSPS) is 16.6. The summed E-state index contributed by atoms with van der Waals surface area (Å²) in [5, 5.41) is 14.0. The lowest BCUT2D eigenvalue weighted by molar-refractivity contribution is -0.125. The van der Waals surface area contributed by atoms with Crippen LogP contribution in [0.1, 0.15) is 23.2 Å². The van der Waals surface area contributed by atoms with E-state index in [0.29, 0.717) is 30.4 Å². The Morgan fingerprint density at radius 3 is 2.59 bits per heavy atom. The molecule has 2 aromatic rings. The lowest BCUT2D eigenvalue weighted by Crippen LogP contribution is -2.45. The molecule has 1 saturated heterocycles. The predicted molar refractivity (Wildman–Crippen MR) is 104 cm³/mol. The van der Waals surface area contributed by atoms with Crippen molar-refractivity contribution in [2.75, 3.05) is 31.1 Å². The van der Waals surface area contributed by atoms with Crippen LogP contribution in [0, 0.1) is 5.92 Å². The molecule has 142 valence electrons. The lowest BCUT2D eigenvalue weighted by Gasteiger charge is -2.32. The summed E-state index contributed by atoms with van der Waals surface area (Å²) in [7, 11) is 0. The van der Waals surface area contributed by atoms with Crippen LogP contribution in [0.15, 0.2) is 42.5 Å². The molecule has 2 heterocycles. The van der Waals surface area contributed by atoms with Gasteiger partial charge in [-0.1, -0.05) is 29.8 Å². The molecule has 2 N–H and O–H groups in total. The third kappa shape index (κ3) is 5.40. The van der Waals surface area contributed by atoms with Gasteiger partial charge in [0.05, 0.1) is 5.92 Å². The minimum Gasteiger partial charge on any atom is -0.354 e. The summed E-state index contributed by atoms with van der Waals surface area (Å²) in [4.78, 5) is 26.4. The van der Waals surface area contributed by atoms with Crippen molar-refractivity contribution < 1.29 is 9.59 Å². The first-order valence-electron chi connectivity index (χ1n) is 8.98. The van der Waals surface area contributed by atoms with Crippen LogP contribution in [-0.4, -0.2) is 48.2 Å². The van der Waals surface area contributed by atoms with E-state index < -0.39 is 0 Å². The first kappa shape index (κ1) is 19.1. The van der Waals surface area contributed by atoms with E-state index in [-0.39, 0.29) is 17.7 Å². The molecule has 1 aromatic carbocycles. The highest BCUT2D eigenvalue weighted by Gasteiger charge is 2.26. The molecule has 3 rings (SSSR count). The van der Waals surface area contributed by atoms with Crippen LogP contribution in [0.4, 0.5) is 5.82 Å². The van der Waals surface area contributed by atoms with Gasteiger partial charge < -0.3 is 15.5 Å². The Hall–Kier alpha value is -2.67. The summed E-state index contributed by atoms with van der Waals surface area (Å²) in [5.74, 6) is 0.471. The SMILES string of the molecule is O=C(NCCNC(=O)[C@H]1CCCN(c2ccc(Cl)nn2)C1)c1ccccc1. The van der Waals surface area contributed by atoms with Gasteiger partial charge in [-0.05, 0) is 37.1 Å². The van der Waals surface area contributed by atoms with Crippen molar-refractivity contribution in [1.29, 1.82) is 0 Å². The van der Waals surface area contributed by atoms with Crippen molar-refractivity contribution in [1.82, 2.24) is 20.8 Å². The van der Waals surface area contributed by atoms with Crippen molar-refractivity contribution in [2.24, 2.45) is 5.92 Å². The summed E-state index contributed by atoms with van der Waals surface area (Å²) in [6, 6.07) is 12.5. The number of hydrogen-bond acceptors (Lipinski definition) is 5. The molecule has 1 aliphatic rings. The van der Waals surface area contributed by atoms with E-state index in [1.165, 1.54) is 0 Å². The molecule has 1 atom stereocenters. The second-order valence-corrected chi connectivity index (χ2v) is 6.80. The largest absolute Gasteiger partial charge is 0.354 e. The first-order chi connectivity index (χ1) is 13.1. The third-order valence-electron chi connectivity index (χ3n) is 4.48. The Bertz CT molecular complexity index is 769. The number of piperidine rings is 1. The number of hydrogen-bond donors (Lipinski definition) is 2. The zero-order chi connectivity index (χ0) is 19.1. The maximum absolute atomic E-state index is 12.4. The van der Waals surface area contributed by atoms with Crippen molar-refractivity contribution in [3.63, 3.8) is 0 Å². The Morgan fingerprint density at radius 1 is 1.07 bits per heavy atom. The minimum atomic E-state index is -0.144. The molecule has 1 aromatic heterocycles. The van der Waals surface area contributed by atoms with Gasteiger partial charge in [-0.25, -0.2) is 0 Å². The maximum atomic E-state index is 12.4. The lowest BCUT2D eigenvalue weighted by atomic mass is 9.97. The molecule has 1 aliphatic heterocycles. The monoisotopic (exact) mass is 387 g/mol. The van der Waals surface area contributed by atoms with Gasteiger partial charge in [0.15, 0.2) is 11.0 Å². The van der Waals surface area contributed by atoms with Gasteiger partial charge in [-0.3, -0.25) is 9.59 Å². The number of halogens is 1. The fourth-order valence-electron chi connectivity index (χ4n) is 3.07. The van der Waals surface area contributed by atoms with Gasteiger partial charge in [0.25, 0.3) is 5.91 Å². The summed E-state index contributed by atoms with van der Waals surface area (Å²) in [6.45, 7) is 2.22. The number of nitrogens with one attached hydrogen (secondary N) is 2. The smallest absolute Gasteiger partial charge is 0.251 e. The molecule has 1 fully saturated rings. The highest BCUT2D eigenvalue weighted by Crippen LogP contribution is 2.21. The topological polar surface area (TPSA) is 87.2 Å². The molecule has 0 unspecified atom stereocenters. The second-order valence-electron chi connectivity index (χ2n) is 6.41. The molecule has 8 heteroatoms. The highest BCUT2D eigenvalue weighted by molar-refractivity contribution is 6.29. The molecule has 0 aliphatic carbocycles. The number of carbonyl (C=O) groups excluding carboxylic acids is 2. The maximum Gasteiger partial charge on any atom is 0.251 e. The predicted octanol–water partition coefficient (Wildman–Crippen LogP) is 1.89. The van der Waals surface area contributed by atoms with Crippen molar-refractivity contribution in [3.05, 3.63) is 53.2 Å². The quantitative estimate of drug-likeness (QED) is 0.739. The van der Waals surface area contributed by atoms with Gasteiger partial charge in [-0.15, -0.1) is 10.2 Å². The van der Waals surface area contributed by atoms with Crippen LogP contribution in [-0.2, 0) is 4.79 Å². The number of amides is 2. The van der Waals surface area contributed by atoms with Crippen LogP contribution < -0.4 is 15.5 Å². The first-order valence-corrected chi connectivity index (χ1v) is 9.36. The summed E-state index contributed by atoms with van der Waals surface area (Å²) in [6.07, 6.45) is 1.74. The fourth-order valence-corrected chi connectivity index (χ4v) is 3.18. The highest BCUT2D eigenvalue weighted by atomic mass is 35.5. The van der Waals surface area contributed by atoms with Crippen LogP contribution in [0.5, 0.6) is 0 Å². The van der Waals surface area contributed by atoms with E-state index in [4.69, 9.17) is 11.6 Å². The number of nitrogens with zero attached hydrogens (tertiary/aromatic N) is 3. The standard InChI is InChI=1S/C19H22ClN5O2/c20-16-8-9-17(24-23-16)25-12-4-7-15(13-25)19(27)22-11-10-21-18(26)14-5-2-1-3-6-14/h1-3,5-6,8-9,15H,4,7,10-13H2,(H,21,26)(H,22,27)/t15-/m0/s1. The Balaban J connectivity index is 1.42. The van der Waals surface area contributed by atoms with Gasteiger partial charge in [0.2, 0.25) is 5.91 Å². The molecule has 2 amide bonds. The van der Waals surface area contributed by atoms with Crippen molar-refractivity contribution in [3.8, 4) is 0 Å². The minimum absolute atomic E-state index is 0.00409. The third-order valence-corrected chi connectivity index (χ3v) is 4.68. The molecule has 27 heavy (non-hydrogen) atoms. The van der Waals surface area contributed by atoms with Gasteiger partial charge >= 0.3 is 0 Å². The molecule has 7 nitrogen and oxygen atoms in total. The van der Waals surface area contributed by atoms with E-state index in [2.05, 4.69) is 20.8 Å². The van der Waals surface area contributed by atoms with Crippen LogP contribution >= 0.6 is 11.6 Å². The van der Waals surface area contributed by atoms with Crippen LogP contribution in [0.2, 0.25) is 5.15 Å². The number of rotatable bonds is 6. The average molecular weight is 388 g/mol. The van der Waals surface area contributed by atoms with Crippen LogP contribution in [0.3, 0.4) is 0 Å². The molecule has 0 saturated carbocycles. The second kappa shape index (κ2) is 9.32. The van der Waals surface area contributed by atoms with Gasteiger partial charge in [0, 0.05) is 31.7 Å². The fraction of sp³-hybridized carbons (Fsp3) is 0.368. The average Bonchev–Trinajstić information content (AvgIpc) is 2.72. The summed E-state index contributed by atoms with van der Waals surface area (Å²) < 4.78 is 0. The zero-order valence-corrected chi connectivity index (χ0v) is 15.7. The zero-order valence-electron chi connectivity index (χ0n) is 14.9. The van der Waals surface area contributed by atoms with E-state index in [1.807, 2.05) is 29.2 Å². The van der Waals surface area contributed by atoms with Crippen molar-refractivity contribution >= 4 is 29.2 Å². The van der Waals surface area contributed by atoms with E-state index in [1.54, 1.807) is 18.2 Å².